The van der Waals surface area contributed by atoms with Gasteiger partial charge in [-0.2, -0.15) is 0 Å². The van der Waals surface area contributed by atoms with Crippen LogP contribution in [0.2, 0.25) is 0 Å². The number of rotatable bonds is 2. The minimum absolute atomic E-state index is 0.0769. The summed E-state index contributed by atoms with van der Waals surface area (Å²) in [5.41, 5.74) is 0.200. The van der Waals surface area contributed by atoms with Crippen molar-refractivity contribution >= 4 is 11.5 Å². The van der Waals surface area contributed by atoms with Crippen molar-refractivity contribution in [3.05, 3.63) is 41.9 Å². The van der Waals surface area contributed by atoms with Crippen molar-refractivity contribution < 1.29 is 19.0 Å². The summed E-state index contributed by atoms with van der Waals surface area (Å²) >= 11 is 0. The third-order valence-corrected chi connectivity index (χ3v) is 1.67. The van der Waals surface area contributed by atoms with E-state index in [1.165, 1.54) is 25.3 Å². The first-order chi connectivity index (χ1) is 6.69. The van der Waals surface area contributed by atoms with Crippen molar-refractivity contribution in [3.63, 3.8) is 0 Å². The molecular weight excluding hydrogens is 187 g/mol. The lowest BCUT2D eigenvalue weighted by Crippen LogP contribution is -2.04. The van der Waals surface area contributed by atoms with Crippen molar-refractivity contribution in [2.75, 3.05) is 7.11 Å². The van der Waals surface area contributed by atoms with Gasteiger partial charge in [-0.15, -0.1) is 0 Å². The number of esters is 1. The Balaban J connectivity index is 3.08. The molecule has 4 heteroatoms. The van der Waals surface area contributed by atoms with Crippen LogP contribution in [0.25, 0.3) is 5.57 Å². The van der Waals surface area contributed by atoms with Crippen LogP contribution in [0.1, 0.15) is 5.56 Å². The van der Waals surface area contributed by atoms with Crippen LogP contribution in [-0.4, -0.2) is 18.2 Å². The molecule has 0 saturated heterocycles. The number of hydrogen-bond acceptors (Lipinski definition) is 3. The molecule has 0 radical (unpaired) electrons. The fourth-order valence-electron chi connectivity index (χ4n) is 1.01. The first kappa shape index (κ1) is 10.2. The molecule has 1 rings (SSSR count). The van der Waals surface area contributed by atoms with Crippen LogP contribution < -0.4 is 0 Å². The summed E-state index contributed by atoms with van der Waals surface area (Å²) in [6.07, 6.45) is 0.598. The summed E-state index contributed by atoms with van der Waals surface area (Å²) in [4.78, 5) is 11.1. The lowest BCUT2D eigenvalue weighted by Gasteiger charge is -2.03. The second-order valence-corrected chi connectivity index (χ2v) is 2.54. The maximum atomic E-state index is 12.8. The summed E-state index contributed by atoms with van der Waals surface area (Å²) in [5.74, 6) is -1.19. The minimum Gasteiger partial charge on any atom is -0.515 e. The van der Waals surface area contributed by atoms with E-state index < -0.39 is 11.8 Å². The average molecular weight is 196 g/mol. The van der Waals surface area contributed by atoms with Crippen molar-refractivity contribution in [1.82, 2.24) is 0 Å². The van der Waals surface area contributed by atoms with Crippen LogP contribution in [0.3, 0.4) is 0 Å². The number of aliphatic hydroxyl groups is 1. The molecule has 3 nitrogen and oxygen atoms in total. The van der Waals surface area contributed by atoms with Gasteiger partial charge in [0.15, 0.2) is 0 Å². The summed E-state index contributed by atoms with van der Waals surface area (Å²) in [7, 11) is 1.19. The zero-order valence-electron chi connectivity index (χ0n) is 7.53. The average Bonchev–Trinajstić information content (AvgIpc) is 2.19. The van der Waals surface area contributed by atoms with Crippen LogP contribution in [0.4, 0.5) is 4.39 Å². The molecule has 0 spiro atoms. The van der Waals surface area contributed by atoms with Crippen LogP contribution in [0.15, 0.2) is 30.5 Å². The Bertz CT molecular complexity index is 371. The highest BCUT2D eigenvalue weighted by atomic mass is 19.1. The van der Waals surface area contributed by atoms with E-state index in [4.69, 9.17) is 5.11 Å². The van der Waals surface area contributed by atoms with Gasteiger partial charge in [-0.3, -0.25) is 0 Å². The maximum absolute atomic E-state index is 12.8. The lowest BCUT2D eigenvalue weighted by molar-refractivity contribution is -0.133. The van der Waals surface area contributed by atoms with Crippen molar-refractivity contribution in [2.45, 2.75) is 0 Å². The Hall–Kier alpha value is -1.84. The number of hydrogen-bond donors (Lipinski definition) is 1. The Morgan fingerprint density at radius 1 is 1.57 bits per heavy atom. The van der Waals surface area contributed by atoms with E-state index in [2.05, 4.69) is 4.74 Å². The largest absolute Gasteiger partial charge is 0.515 e. The predicted molar refractivity (Wildman–Crippen MR) is 49.0 cm³/mol. The van der Waals surface area contributed by atoms with Gasteiger partial charge in [0.25, 0.3) is 0 Å². The number of halogens is 1. The molecule has 1 aromatic carbocycles. The van der Waals surface area contributed by atoms with Gasteiger partial charge in [0.1, 0.15) is 11.4 Å². The van der Waals surface area contributed by atoms with E-state index in [9.17, 15) is 9.18 Å². The lowest BCUT2D eigenvalue weighted by atomic mass is 10.1. The molecule has 0 amide bonds. The molecule has 14 heavy (non-hydrogen) atoms. The van der Waals surface area contributed by atoms with Gasteiger partial charge >= 0.3 is 5.97 Å². The fourth-order valence-corrected chi connectivity index (χ4v) is 1.01. The van der Waals surface area contributed by atoms with Gasteiger partial charge in [0.05, 0.1) is 13.4 Å². The third kappa shape index (κ3) is 2.10. The minimum atomic E-state index is -0.710. The summed E-state index contributed by atoms with van der Waals surface area (Å²) in [6.45, 7) is 0. The van der Waals surface area contributed by atoms with Gasteiger partial charge in [0.2, 0.25) is 0 Å². The second-order valence-electron chi connectivity index (χ2n) is 2.54. The van der Waals surface area contributed by atoms with E-state index in [1.54, 1.807) is 0 Å². The fraction of sp³-hybridized carbons (Fsp3) is 0.100. The standard InChI is InChI=1S/C10H9FO3/c1-14-10(13)9(6-12)7-3-2-4-8(11)5-7/h2-6,12H,1H3. The molecule has 1 N–H and O–H groups in total. The van der Waals surface area contributed by atoms with Crippen molar-refractivity contribution in [3.8, 4) is 0 Å². The molecular formula is C10H9FO3. The smallest absolute Gasteiger partial charge is 0.341 e. The molecule has 0 unspecified atom stereocenters. The molecule has 0 fully saturated rings. The summed E-state index contributed by atoms with van der Waals surface area (Å²) in [5, 5.41) is 8.79. The molecule has 0 heterocycles. The first-order valence-corrected chi connectivity index (χ1v) is 3.87. The molecule has 0 atom stereocenters. The quantitative estimate of drug-likeness (QED) is 0.446. The second kappa shape index (κ2) is 4.41. The molecule has 0 aliphatic carbocycles. The first-order valence-electron chi connectivity index (χ1n) is 3.87. The van der Waals surface area contributed by atoms with E-state index in [0.29, 0.717) is 6.26 Å². The Morgan fingerprint density at radius 2 is 2.29 bits per heavy atom. The number of benzene rings is 1. The molecule has 1 aromatic rings. The van der Waals surface area contributed by atoms with E-state index in [0.717, 1.165) is 6.07 Å². The molecule has 74 valence electrons. The zero-order valence-corrected chi connectivity index (χ0v) is 7.53. The zero-order chi connectivity index (χ0) is 10.6. The monoisotopic (exact) mass is 196 g/mol. The summed E-state index contributed by atoms with van der Waals surface area (Å²) < 4.78 is 17.2. The highest BCUT2D eigenvalue weighted by molar-refractivity contribution is 6.16. The van der Waals surface area contributed by atoms with Crippen LogP contribution in [0, 0.1) is 5.82 Å². The molecule has 0 aliphatic rings. The number of carbonyl (C=O) groups is 1. The molecule has 0 aliphatic heterocycles. The number of ether oxygens (including phenoxy) is 1. The molecule has 0 saturated carbocycles. The normalized spacial score (nSPS) is 11.1. The van der Waals surface area contributed by atoms with Gasteiger partial charge in [-0.25, -0.2) is 9.18 Å². The number of aliphatic hydroxyl groups excluding tert-OH is 1. The van der Waals surface area contributed by atoms with Gasteiger partial charge < -0.3 is 9.84 Å². The van der Waals surface area contributed by atoms with E-state index in [1.807, 2.05) is 0 Å². The third-order valence-electron chi connectivity index (χ3n) is 1.67. The van der Waals surface area contributed by atoms with Crippen molar-refractivity contribution in [1.29, 1.82) is 0 Å². The number of methoxy groups -OCH3 is 1. The van der Waals surface area contributed by atoms with Crippen LogP contribution in [-0.2, 0) is 9.53 Å². The highest BCUT2D eigenvalue weighted by Gasteiger charge is 2.12. The Labute approximate surface area is 80.4 Å². The van der Waals surface area contributed by atoms with E-state index >= 15 is 0 Å². The van der Waals surface area contributed by atoms with Gasteiger partial charge in [-0.05, 0) is 17.7 Å². The Morgan fingerprint density at radius 3 is 2.79 bits per heavy atom. The summed E-state index contributed by atoms with van der Waals surface area (Å²) in [6, 6.07) is 5.33. The Kier molecular flexibility index (Phi) is 3.23. The SMILES string of the molecule is COC(=O)C(=CO)c1cccc(F)c1. The molecule has 0 bridgehead atoms. The highest BCUT2D eigenvalue weighted by Crippen LogP contribution is 2.16. The maximum Gasteiger partial charge on any atom is 0.341 e. The molecule has 0 aromatic heterocycles. The van der Waals surface area contributed by atoms with Gasteiger partial charge in [-0.1, -0.05) is 12.1 Å². The topological polar surface area (TPSA) is 46.5 Å². The van der Waals surface area contributed by atoms with Gasteiger partial charge in [0, 0.05) is 0 Å². The van der Waals surface area contributed by atoms with Crippen LogP contribution in [0.5, 0.6) is 0 Å². The van der Waals surface area contributed by atoms with Crippen LogP contribution >= 0.6 is 0 Å². The predicted octanol–water partition coefficient (Wildman–Crippen LogP) is 1.90. The van der Waals surface area contributed by atoms with Crippen molar-refractivity contribution in [2.24, 2.45) is 0 Å². The number of carbonyl (C=O) groups excluding carboxylic acids is 1. The van der Waals surface area contributed by atoms with E-state index in [-0.39, 0.29) is 11.1 Å².